The Balaban J connectivity index is 1.61. The summed E-state index contributed by atoms with van der Waals surface area (Å²) in [5.41, 5.74) is 2.11. The van der Waals surface area contributed by atoms with Crippen LogP contribution in [0.25, 0.3) is 15.9 Å². The van der Waals surface area contributed by atoms with Crippen LogP contribution in [0.2, 0.25) is 0 Å². The zero-order valence-corrected chi connectivity index (χ0v) is 17.0. The van der Waals surface area contributed by atoms with E-state index in [2.05, 4.69) is 41.2 Å². The lowest BCUT2D eigenvalue weighted by molar-refractivity contribution is -0.895. The number of nitrogens with one attached hydrogen (secondary N) is 2. The highest BCUT2D eigenvalue weighted by Gasteiger charge is 2.24. The molecule has 1 aliphatic carbocycles. The van der Waals surface area contributed by atoms with E-state index in [-0.39, 0.29) is 11.7 Å². The van der Waals surface area contributed by atoms with Gasteiger partial charge in [-0.2, -0.15) is 0 Å². The number of carbonyl (C=O) groups excluding carboxylic acids is 1. The number of aryl methyl sites for hydroxylation is 1. The maximum atomic E-state index is 12.5. The van der Waals surface area contributed by atoms with Crippen LogP contribution >= 0.6 is 11.3 Å². The lowest BCUT2D eigenvalue weighted by Gasteiger charge is -2.17. The van der Waals surface area contributed by atoms with E-state index in [1.165, 1.54) is 21.8 Å². The Hall–Kier alpha value is -2.06. The largest absolute Gasteiger partial charge is 0.344 e. The Labute approximate surface area is 162 Å². The highest BCUT2D eigenvalue weighted by atomic mass is 32.1. The lowest BCUT2D eigenvalue weighted by atomic mass is 9.89. The van der Waals surface area contributed by atoms with Gasteiger partial charge in [-0.3, -0.25) is 4.79 Å². The number of likely N-dealkylation sites (N-methyl/N-ethyl adjacent to an activating group) is 1. The maximum Gasteiger partial charge on any atom is 0.291 e. The average Bonchev–Trinajstić information content (AvgIpc) is 3.25. The molecular weight excluding hydrogens is 360 g/mol. The summed E-state index contributed by atoms with van der Waals surface area (Å²) in [4.78, 5) is 25.5. The van der Waals surface area contributed by atoms with Crippen molar-refractivity contribution in [2.24, 2.45) is 5.92 Å². The molecule has 0 spiro atoms. The SMILES string of the molecule is CC[NH+](CC)CCNC(=O)c1nc2c3c4c(sc3ncn2n1)CC[C@@H](C)C4. The van der Waals surface area contributed by atoms with Gasteiger partial charge >= 0.3 is 0 Å². The molecule has 0 aromatic carbocycles. The number of quaternary nitrogens is 1. The second kappa shape index (κ2) is 7.52. The Kier molecular flexibility index (Phi) is 5.10. The van der Waals surface area contributed by atoms with E-state index in [4.69, 9.17) is 0 Å². The summed E-state index contributed by atoms with van der Waals surface area (Å²) < 4.78 is 1.65. The molecule has 0 saturated carbocycles. The van der Waals surface area contributed by atoms with Gasteiger partial charge in [-0.25, -0.2) is 14.5 Å². The van der Waals surface area contributed by atoms with Gasteiger partial charge in [-0.1, -0.05) is 6.92 Å². The third-order valence-corrected chi connectivity index (χ3v) is 6.80. The van der Waals surface area contributed by atoms with Gasteiger partial charge in [-0.15, -0.1) is 16.4 Å². The van der Waals surface area contributed by atoms with E-state index < -0.39 is 0 Å². The number of thiophene rings is 1. The minimum absolute atomic E-state index is 0.212. The quantitative estimate of drug-likeness (QED) is 0.665. The summed E-state index contributed by atoms with van der Waals surface area (Å²) in [5, 5.41) is 8.42. The molecule has 1 atom stereocenters. The second-order valence-corrected chi connectivity index (χ2v) is 8.53. The Morgan fingerprint density at radius 2 is 2.22 bits per heavy atom. The van der Waals surface area contributed by atoms with Crippen LogP contribution in [-0.4, -0.2) is 51.7 Å². The number of hydrogen-bond acceptors (Lipinski definition) is 5. The second-order valence-electron chi connectivity index (χ2n) is 7.44. The van der Waals surface area contributed by atoms with Gasteiger partial charge in [0, 0.05) is 4.88 Å². The van der Waals surface area contributed by atoms with Crippen molar-refractivity contribution in [2.45, 2.75) is 40.0 Å². The maximum absolute atomic E-state index is 12.5. The number of hydrogen-bond donors (Lipinski definition) is 2. The van der Waals surface area contributed by atoms with Crippen LogP contribution < -0.4 is 10.2 Å². The Morgan fingerprint density at radius 3 is 3.00 bits per heavy atom. The molecule has 1 aliphatic rings. The number of fused-ring (bicyclic) bond motifs is 5. The van der Waals surface area contributed by atoms with Crippen molar-refractivity contribution in [3.63, 3.8) is 0 Å². The first-order chi connectivity index (χ1) is 13.1. The van der Waals surface area contributed by atoms with Gasteiger partial charge in [0.1, 0.15) is 11.2 Å². The minimum atomic E-state index is -0.212. The summed E-state index contributed by atoms with van der Waals surface area (Å²) in [5.74, 6) is 0.683. The predicted molar refractivity (Wildman–Crippen MR) is 107 cm³/mol. The number of rotatable bonds is 6. The molecule has 0 radical (unpaired) electrons. The third-order valence-electron chi connectivity index (χ3n) is 5.60. The van der Waals surface area contributed by atoms with Crippen molar-refractivity contribution in [1.82, 2.24) is 24.9 Å². The molecule has 0 fully saturated rings. The molecule has 8 heteroatoms. The first-order valence-corrected chi connectivity index (χ1v) is 10.7. The Bertz CT molecular complexity index is 974. The lowest BCUT2D eigenvalue weighted by Crippen LogP contribution is -3.12. The fraction of sp³-hybridized carbons (Fsp3) is 0.579. The van der Waals surface area contributed by atoms with Crippen molar-refractivity contribution >= 4 is 33.1 Å². The fourth-order valence-electron chi connectivity index (χ4n) is 3.88. The normalized spacial score (nSPS) is 17.0. The van der Waals surface area contributed by atoms with Gasteiger partial charge < -0.3 is 10.2 Å². The first-order valence-electron chi connectivity index (χ1n) is 9.88. The molecule has 0 bridgehead atoms. The van der Waals surface area contributed by atoms with E-state index in [0.29, 0.717) is 12.5 Å². The molecule has 7 nitrogen and oxygen atoms in total. The van der Waals surface area contributed by atoms with Crippen molar-refractivity contribution in [3.05, 3.63) is 22.6 Å². The van der Waals surface area contributed by atoms with E-state index in [0.717, 1.165) is 48.3 Å². The smallest absolute Gasteiger partial charge is 0.291 e. The van der Waals surface area contributed by atoms with E-state index in [9.17, 15) is 4.79 Å². The van der Waals surface area contributed by atoms with Crippen LogP contribution in [0, 0.1) is 5.92 Å². The molecule has 3 aromatic heterocycles. The van der Waals surface area contributed by atoms with Crippen molar-refractivity contribution in [3.8, 4) is 0 Å². The summed E-state index contributed by atoms with van der Waals surface area (Å²) in [6.07, 6.45) is 5.06. The van der Waals surface area contributed by atoms with Crippen LogP contribution in [0.5, 0.6) is 0 Å². The van der Waals surface area contributed by atoms with Gasteiger partial charge in [0.2, 0.25) is 5.82 Å². The molecule has 0 unspecified atom stereocenters. The molecule has 2 N–H and O–H groups in total. The van der Waals surface area contributed by atoms with E-state index in [1.807, 2.05) is 0 Å². The van der Waals surface area contributed by atoms with Crippen molar-refractivity contribution in [2.75, 3.05) is 26.2 Å². The summed E-state index contributed by atoms with van der Waals surface area (Å²) >= 11 is 1.76. The predicted octanol–water partition coefficient (Wildman–Crippen LogP) is 1.12. The highest BCUT2D eigenvalue weighted by Crippen LogP contribution is 2.38. The van der Waals surface area contributed by atoms with Crippen LogP contribution in [0.15, 0.2) is 6.33 Å². The third kappa shape index (κ3) is 3.43. The monoisotopic (exact) mass is 387 g/mol. The summed E-state index contributed by atoms with van der Waals surface area (Å²) in [6.45, 7) is 10.3. The molecule has 0 saturated heterocycles. The van der Waals surface area contributed by atoms with Crippen LogP contribution in [0.4, 0.5) is 0 Å². The summed E-state index contributed by atoms with van der Waals surface area (Å²) in [7, 11) is 0. The zero-order chi connectivity index (χ0) is 19.0. The first kappa shape index (κ1) is 18.3. The minimum Gasteiger partial charge on any atom is -0.344 e. The number of nitrogens with zero attached hydrogens (tertiary/aromatic N) is 4. The standard InChI is InChI=1S/C19H26N6OS/c1-4-24(5-2)9-8-20-18(26)16-22-17-15-13-10-12(3)6-7-14(13)27-19(15)21-11-25(17)23-16/h11-12H,4-10H2,1-3H3,(H,20,26)/p+1/t12-/m1/s1. The molecule has 144 valence electrons. The number of aromatic nitrogens is 4. The number of amides is 1. The molecule has 3 aromatic rings. The zero-order valence-electron chi connectivity index (χ0n) is 16.2. The summed E-state index contributed by atoms with van der Waals surface area (Å²) in [6, 6.07) is 0. The van der Waals surface area contributed by atoms with E-state index in [1.54, 1.807) is 22.2 Å². The average molecular weight is 388 g/mol. The van der Waals surface area contributed by atoms with Crippen LogP contribution in [0.3, 0.4) is 0 Å². The van der Waals surface area contributed by atoms with Crippen LogP contribution in [-0.2, 0) is 12.8 Å². The molecule has 4 rings (SSSR count). The topological polar surface area (TPSA) is 76.6 Å². The van der Waals surface area contributed by atoms with Gasteiger partial charge in [-0.05, 0) is 44.6 Å². The fourth-order valence-corrected chi connectivity index (χ4v) is 5.06. The van der Waals surface area contributed by atoms with Crippen molar-refractivity contribution in [1.29, 1.82) is 0 Å². The molecule has 1 amide bonds. The molecular formula is C19H27N6OS+. The van der Waals surface area contributed by atoms with Crippen LogP contribution in [0.1, 0.15) is 48.3 Å². The van der Waals surface area contributed by atoms with Gasteiger partial charge in [0.25, 0.3) is 5.91 Å². The van der Waals surface area contributed by atoms with Crippen molar-refractivity contribution < 1.29 is 9.69 Å². The number of carbonyl (C=O) groups is 1. The van der Waals surface area contributed by atoms with E-state index >= 15 is 0 Å². The van der Waals surface area contributed by atoms with Gasteiger partial charge in [0.05, 0.1) is 31.6 Å². The molecule has 27 heavy (non-hydrogen) atoms. The molecule has 0 aliphatic heterocycles. The Morgan fingerprint density at radius 1 is 1.41 bits per heavy atom. The highest BCUT2D eigenvalue weighted by molar-refractivity contribution is 7.19. The molecule has 3 heterocycles. The van der Waals surface area contributed by atoms with Gasteiger partial charge in [0.15, 0.2) is 5.65 Å².